The Bertz CT molecular complexity index is 137. The summed E-state index contributed by atoms with van der Waals surface area (Å²) in [5.41, 5.74) is 0. The molecule has 4 nitrogen and oxygen atoms in total. The molecule has 0 aliphatic carbocycles. The summed E-state index contributed by atoms with van der Waals surface area (Å²) in [7, 11) is 3.30. The molecule has 0 radical (unpaired) electrons. The maximum Gasteiger partial charge on any atom is 0.271 e. The molecule has 0 rings (SSSR count). The van der Waals surface area contributed by atoms with Gasteiger partial charge in [0.05, 0.1) is 18.8 Å². The summed E-state index contributed by atoms with van der Waals surface area (Å²) in [4.78, 5) is 12.1. The van der Waals surface area contributed by atoms with Crippen molar-refractivity contribution in [3.8, 4) is 0 Å². The molecule has 0 saturated heterocycles. The van der Waals surface area contributed by atoms with Gasteiger partial charge in [-0.05, 0) is 11.2 Å². The molecule has 0 spiro atoms. The summed E-state index contributed by atoms with van der Waals surface area (Å²) >= 11 is -1.62. The summed E-state index contributed by atoms with van der Waals surface area (Å²) in [6.45, 7) is 0. The lowest BCUT2D eigenvalue weighted by atomic mass is 10.6. The predicted molar refractivity (Wildman–Crippen MR) is 57.6 cm³/mol. The van der Waals surface area contributed by atoms with Crippen molar-refractivity contribution in [1.82, 2.24) is 4.90 Å². The van der Waals surface area contributed by atoms with E-state index in [0.29, 0.717) is 0 Å². The summed E-state index contributed by atoms with van der Waals surface area (Å²) in [5.74, 6) is 0.0448. The zero-order valence-electron chi connectivity index (χ0n) is 8.70. The summed E-state index contributed by atoms with van der Waals surface area (Å²) in [6, 6.07) is 0. The topological polar surface area (TPSA) is 66.4 Å². The molecule has 1 unspecified atom stereocenters. The molecule has 1 amide bonds. The SMILES string of the molecule is CN(C)C(=O)C[S+](C)[O-].C[S+](C)[O-]. The van der Waals surface area contributed by atoms with Crippen LogP contribution in [0.3, 0.4) is 0 Å². The third kappa shape index (κ3) is 18.8. The van der Waals surface area contributed by atoms with Crippen LogP contribution in [-0.2, 0) is 27.1 Å². The third-order valence-corrected chi connectivity index (χ3v) is 1.48. The second-order valence-electron chi connectivity index (χ2n) is 2.75. The Balaban J connectivity index is 0. The van der Waals surface area contributed by atoms with Crippen LogP contribution in [0.1, 0.15) is 0 Å². The van der Waals surface area contributed by atoms with E-state index in [1.807, 2.05) is 0 Å². The van der Waals surface area contributed by atoms with Gasteiger partial charge in [-0.1, -0.05) is 11.2 Å². The minimum absolute atomic E-state index is 0.0872. The fourth-order valence-electron chi connectivity index (χ4n) is 0.303. The molecule has 0 aromatic carbocycles. The Labute approximate surface area is 86.0 Å². The van der Waals surface area contributed by atoms with E-state index in [9.17, 15) is 13.9 Å². The van der Waals surface area contributed by atoms with Gasteiger partial charge in [0.1, 0.15) is 0 Å². The smallest absolute Gasteiger partial charge is 0.271 e. The third-order valence-electron chi connectivity index (χ3n) is 0.826. The van der Waals surface area contributed by atoms with E-state index < -0.39 is 22.4 Å². The van der Waals surface area contributed by atoms with E-state index in [1.165, 1.54) is 11.2 Å². The second-order valence-corrected chi connectivity index (χ2v) is 5.67. The molecule has 6 heteroatoms. The van der Waals surface area contributed by atoms with Gasteiger partial charge in [-0.15, -0.1) is 0 Å². The molecule has 0 fully saturated rings. The molecular formula is C7H17NO3S2. The lowest BCUT2D eigenvalue weighted by Gasteiger charge is -2.09. The Morgan fingerprint density at radius 2 is 1.54 bits per heavy atom. The molecule has 0 bridgehead atoms. The molecule has 0 saturated carbocycles. The predicted octanol–water partition coefficient (Wildman–Crippen LogP) is -0.552. The largest absolute Gasteiger partial charge is 0.617 e. The molecule has 13 heavy (non-hydrogen) atoms. The van der Waals surface area contributed by atoms with Gasteiger partial charge < -0.3 is 14.0 Å². The van der Waals surface area contributed by atoms with Crippen molar-refractivity contribution >= 4 is 28.3 Å². The van der Waals surface area contributed by atoms with Crippen molar-refractivity contribution in [1.29, 1.82) is 0 Å². The number of hydrogen-bond donors (Lipinski definition) is 0. The van der Waals surface area contributed by atoms with Crippen LogP contribution in [0, 0.1) is 0 Å². The molecule has 0 aliphatic rings. The van der Waals surface area contributed by atoms with Crippen molar-refractivity contribution in [3.63, 3.8) is 0 Å². The van der Waals surface area contributed by atoms with Crippen molar-refractivity contribution in [2.75, 3.05) is 38.6 Å². The zero-order valence-corrected chi connectivity index (χ0v) is 10.3. The Morgan fingerprint density at radius 3 is 1.62 bits per heavy atom. The van der Waals surface area contributed by atoms with E-state index in [2.05, 4.69) is 0 Å². The monoisotopic (exact) mass is 227 g/mol. The summed E-state index contributed by atoms with van der Waals surface area (Å²) in [6.07, 6.45) is 4.79. The molecule has 80 valence electrons. The fraction of sp³-hybridized carbons (Fsp3) is 0.857. The van der Waals surface area contributed by atoms with Crippen molar-refractivity contribution in [2.24, 2.45) is 0 Å². The highest BCUT2D eigenvalue weighted by molar-refractivity contribution is 7.91. The highest BCUT2D eigenvalue weighted by Gasteiger charge is 2.08. The number of carbonyl (C=O) groups excluding carboxylic acids is 1. The van der Waals surface area contributed by atoms with Crippen LogP contribution in [0.2, 0.25) is 0 Å². The van der Waals surface area contributed by atoms with Crippen LogP contribution in [0.25, 0.3) is 0 Å². The van der Waals surface area contributed by atoms with Gasteiger partial charge in [0.2, 0.25) is 0 Å². The number of nitrogens with zero attached hydrogens (tertiary/aromatic N) is 1. The highest BCUT2D eigenvalue weighted by atomic mass is 32.2. The van der Waals surface area contributed by atoms with Gasteiger partial charge in [0, 0.05) is 14.1 Å². The molecule has 0 heterocycles. The highest BCUT2D eigenvalue weighted by Crippen LogP contribution is 1.86. The fourth-order valence-corrected chi connectivity index (χ4v) is 0.909. The molecule has 0 aliphatic heterocycles. The minimum atomic E-state index is -1.01. The second kappa shape index (κ2) is 8.68. The van der Waals surface area contributed by atoms with Gasteiger partial charge >= 0.3 is 0 Å². The van der Waals surface area contributed by atoms with E-state index in [4.69, 9.17) is 0 Å². The minimum Gasteiger partial charge on any atom is -0.617 e. The van der Waals surface area contributed by atoms with Crippen LogP contribution in [0.5, 0.6) is 0 Å². The Hall–Kier alpha value is 0.0900. The summed E-state index contributed by atoms with van der Waals surface area (Å²) in [5, 5.41) is 0. The van der Waals surface area contributed by atoms with E-state index in [1.54, 1.807) is 26.6 Å². The van der Waals surface area contributed by atoms with Crippen LogP contribution < -0.4 is 0 Å². The first kappa shape index (κ1) is 15.6. The van der Waals surface area contributed by atoms with Crippen molar-refractivity contribution < 1.29 is 13.9 Å². The van der Waals surface area contributed by atoms with E-state index >= 15 is 0 Å². The maximum absolute atomic E-state index is 10.7. The van der Waals surface area contributed by atoms with Gasteiger partial charge in [-0.25, -0.2) is 0 Å². The number of rotatable bonds is 2. The average Bonchev–Trinajstić information content (AvgIpc) is 1.83. The number of hydrogen-bond acceptors (Lipinski definition) is 3. The first-order valence-electron chi connectivity index (χ1n) is 3.52. The Kier molecular flexibility index (Phi) is 10.4. The first-order chi connectivity index (χ1) is 5.77. The molecule has 1 atom stereocenters. The first-order valence-corrected chi connectivity index (χ1v) is 7.22. The van der Waals surface area contributed by atoms with Crippen molar-refractivity contribution in [2.45, 2.75) is 0 Å². The van der Waals surface area contributed by atoms with Crippen LogP contribution in [0.15, 0.2) is 0 Å². The maximum atomic E-state index is 10.7. The Morgan fingerprint density at radius 1 is 1.23 bits per heavy atom. The van der Waals surface area contributed by atoms with Gasteiger partial charge in [-0.3, -0.25) is 4.79 Å². The number of carbonyl (C=O) groups is 1. The van der Waals surface area contributed by atoms with E-state index in [-0.39, 0.29) is 11.7 Å². The van der Waals surface area contributed by atoms with Gasteiger partial charge in [0.15, 0.2) is 5.75 Å². The molecule has 0 aromatic rings. The summed E-state index contributed by atoms with van der Waals surface area (Å²) < 4.78 is 20.0. The molecule has 0 aromatic heterocycles. The van der Waals surface area contributed by atoms with Crippen LogP contribution in [-0.4, -0.2) is 58.5 Å². The van der Waals surface area contributed by atoms with Crippen LogP contribution >= 0.6 is 0 Å². The van der Waals surface area contributed by atoms with Crippen molar-refractivity contribution in [3.05, 3.63) is 0 Å². The van der Waals surface area contributed by atoms with E-state index in [0.717, 1.165) is 0 Å². The van der Waals surface area contributed by atoms with Crippen LogP contribution in [0.4, 0.5) is 0 Å². The molecule has 0 N–H and O–H groups in total. The van der Waals surface area contributed by atoms with Gasteiger partial charge in [0.25, 0.3) is 5.91 Å². The molecular weight excluding hydrogens is 210 g/mol. The lowest BCUT2D eigenvalue weighted by Crippen LogP contribution is -2.28. The normalized spacial score (nSPS) is 11.7. The standard InChI is InChI=1S/C5H11NO2S.C2H6OS/c1-6(2)5(7)4-9(3)8;1-4(2)3/h4H2,1-3H3;1-2H3. The zero-order chi connectivity index (χ0) is 11.0. The number of amides is 1. The average molecular weight is 227 g/mol. The van der Waals surface area contributed by atoms with Gasteiger partial charge in [-0.2, -0.15) is 0 Å². The quantitative estimate of drug-likeness (QED) is 0.594. The lowest BCUT2D eigenvalue weighted by molar-refractivity contribution is -0.125.